The van der Waals surface area contributed by atoms with Crippen molar-refractivity contribution in [3.8, 4) is 0 Å². The molecule has 4 atom stereocenters. The van der Waals surface area contributed by atoms with Crippen molar-refractivity contribution in [1.29, 1.82) is 0 Å². The highest BCUT2D eigenvalue weighted by atomic mass is 19.4. The van der Waals surface area contributed by atoms with Crippen molar-refractivity contribution in [3.63, 3.8) is 0 Å². The third-order valence-electron chi connectivity index (χ3n) is 8.62. The first-order valence-corrected chi connectivity index (χ1v) is 14.1. The normalized spacial score (nSPS) is 25.2. The summed E-state index contributed by atoms with van der Waals surface area (Å²) >= 11 is 0. The van der Waals surface area contributed by atoms with Gasteiger partial charge in [-0.15, -0.1) is 0 Å². The molecule has 234 valence electrons. The summed E-state index contributed by atoms with van der Waals surface area (Å²) in [5.74, 6) is 0.557. The molecule has 0 spiro atoms. The van der Waals surface area contributed by atoms with Crippen LogP contribution in [0.3, 0.4) is 0 Å². The molecule has 4 aliphatic heterocycles. The minimum atomic E-state index is -4.34. The zero-order valence-electron chi connectivity index (χ0n) is 24.6. The molecule has 5 heterocycles. The molecule has 0 radical (unpaired) electrons. The lowest BCUT2D eigenvalue weighted by Gasteiger charge is -2.28. The fourth-order valence-corrected chi connectivity index (χ4v) is 6.41. The summed E-state index contributed by atoms with van der Waals surface area (Å²) in [5, 5.41) is 4.15. The standard InChI is InChI=1S/C20H24F3N5O.C7H14N2.C2H4O.CH4/c1-25(2)17-7-24-28(13-17)19(29)27-11-15-9-26(10-16(15)12-27)8-14-5-3-4-6-18(14)20(21,22)23;1-8-4-7-3-6(8)5-9(7)2;1-2-3;/h3-7,13,15-16H,8-12H2,1-2H3;6-7H,3-5H2,1-2H3;2H,1H3;1H4. The van der Waals surface area contributed by atoms with E-state index in [0.29, 0.717) is 31.7 Å². The Kier molecular flexibility index (Phi) is 11.2. The number of anilines is 1. The van der Waals surface area contributed by atoms with Crippen molar-refractivity contribution in [1.82, 2.24) is 29.4 Å². The van der Waals surface area contributed by atoms with Gasteiger partial charge in [0.2, 0.25) is 0 Å². The van der Waals surface area contributed by atoms with E-state index in [2.05, 4.69) is 33.9 Å². The number of likely N-dealkylation sites (tertiary alicyclic amines) is 4. The second-order valence-corrected chi connectivity index (χ2v) is 11.8. The fraction of sp³-hybridized carbons (Fsp3) is 0.633. The predicted octanol–water partition coefficient (Wildman–Crippen LogP) is 3.85. The van der Waals surface area contributed by atoms with E-state index in [1.54, 1.807) is 29.4 Å². The molecule has 4 fully saturated rings. The summed E-state index contributed by atoms with van der Waals surface area (Å²) in [4.78, 5) is 32.2. The summed E-state index contributed by atoms with van der Waals surface area (Å²) in [6, 6.07) is 7.35. The number of aldehydes is 1. The molecule has 0 saturated carbocycles. The average molecular weight is 594 g/mol. The Hall–Kier alpha value is -2.96. The Morgan fingerprint density at radius 3 is 2.00 bits per heavy atom. The Labute approximate surface area is 247 Å². The van der Waals surface area contributed by atoms with Gasteiger partial charge in [-0.05, 0) is 50.9 Å². The number of aromatic nitrogens is 2. The fourth-order valence-electron chi connectivity index (χ4n) is 6.41. The first-order chi connectivity index (χ1) is 19.4. The maximum absolute atomic E-state index is 13.2. The monoisotopic (exact) mass is 593 g/mol. The number of benzene rings is 1. The molecule has 4 unspecified atom stereocenters. The number of halogens is 3. The number of rotatable bonds is 3. The van der Waals surface area contributed by atoms with Crippen LogP contribution in [0.1, 0.15) is 31.9 Å². The van der Waals surface area contributed by atoms with Gasteiger partial charge in [0.05, 0.1) is 23.6 Å². The molecule has 1 aromatic carbocycles. The molecule has 4 aliphatic rings. The molecule has 6 rings (SSSR count). The lowest BCUT2D eigenvalue weighted by Crippen LogP contribution is -2.42. The van der Waals surface area contributed by atoms with Crippen molar-refractivity contribution < 1.29 is 22.8 Å². The first kappa shape index (κ1) is 33.5. The van der Waals surface area contributed by atoms with E-state index in [0.717, 1.165) is 30.1 Å². The number of carbonyl (C=O) groups is 2. The Morgan fingerprint density at radius 2 is 1.55 bits per heavy atom. The van der Waals surface area contributed by atoms with E-state index in [1.807, 2.05) is 19.0 Å². The van der Waals surface area contributed by atoms with Crippen molar-refractivity contribution in [2.45, 2.75) is 45.6 Å². The van der Waals surface area contributed by atoms with E-state index in [1.165, 1.54) is 37.2 Å². The molecule has 42 heavy (non-hydrogen) atoms. The number of piperazine rings is 1. The molecular formula is C30H46F3N7O2. The van der Waals surface area contributed by atoms with E-state index >= 15 is 0 Å². The maximum Gasteiger partial charge on any atom is 0.416 e. The Bertz CT molecular complexity index is 1160. The van der Waals surface area contributed by atoms with E-state index in [9.17, 15) is 18.0 Å². The van der Waals surface area contributed by atoms with Crippen LogP contribution in [0.5, 0.6) is 0 Å². The Balaban J connectivity index is 0.000000310. The zero-order chi connectivity index (χ0) is 29.9. The van der Waals surface area contributed by atoms with E-state index in [4.69, 9.17) is 4.79 Å². The number of likely N-dealkylation sites (N-methyl/N-ethyl adjacent to an activating group) is 2. The summed E-state index contributed by atoms with van der Waals surface area (Å²) < 4.78 is 41.1. The SMILES string of the molecule is C.CC=O.CN(C)c1cnn(C(=O)N2CC3CN(Cc4ccccc4C(F)(F)F)CC3C2)c1.CN1CC2CC1CN2C. The number of carbonyl (C=O) groups excluding carboxylic acids is 2. The molecule has 0 aliphatic carbocycles. The van der Waals surface area contributed by atoms with Crippen molar-refractivity contribution in [2.75, 3.05) is 72.4 Å². The molecule has 2 aromatic rings. The predicted molar refractivity (Wildman–Crippen MR) is 159 cm³/mol. The van der Waals surface area contributed by atoms with Gasteiger partial charge in [0.15, 0.2) is 0 Å². The van der Waals surface area contributed by atoms with Crippen LogP contribution in [0, 0.1) is 11.8 Å². The van der Waals surface area contributed by atoms with Gasteiger partial charge in [0.25, 0.3) is 0 Å². The van der Waals surface area contributed by atoms with Crippen LogP contribution in [0.4, 0.5) is 23.7 Å². The molecule has 12 heteroatoms. The molecule has 0 N–H and O–H groups in total. The van der Waals surface area contributed by atoms with Crippen LogP contribution in [-0.2, 0) is 17.5 Å². The van der Waals surface area contributed by atoms with Crippen LogP contribution < -0.4 is 4.90 Å². The number of nitrogens with zero attached hydrogens (tertiary/aromatic N) is 7. The summed E-state index contributed by atoms with van der Waals surface area (Å²) in [5.41, 5.74) is 0.595. The minimum absolute atomic E-state index is 0. The van der Waals surface area contributed by atoms with Crippen LogP contribution in [0.25, 0.3) is 0 Å². The number of fused-ring (bicyclic) bond motifs is 3. The van der Waals surface area contributed by atoms with Gasteiger partial charge in [-0.25, -0.2) is 4.79 Å². The lowest BCUT2D eigenvalue weighted by atomic mass is 10.0. The maximum atomic E-state index is 13.2. The molecular weight excluding hydrogens is 547 g/mol. The van der Waals surface area contributed by atoms with Crippen LogP contribution in [-0.4, -0.2) is 121 Å². The smallest absolute Gasteiger partial charge is 0.375 e. The minimum Gasteiger partial charge on any atom is -0.375 e. The lowest BCUT2D eigenvalue weighted by molar-refractivity contribution is -0.138. The molecule has 1 amide bonds. The van der Waals surface area contributed by atoms with Gasteiger partial charge >= 0.3 is 12.2 Å². The van der Waals surface area contributed by atoms with Gasteiger partial charge in [-0.1, -0.05) is 25.6 Å². The number of amides is 1. The van der Waals surface area contributed by atoms with E-state index in [-0.39, 0.29) is 31.8 Å². The molecule has 1 aromatic heterocycles. The quantitative estimate of drug-likeness (QED) is 0.501. The largest absolute Gasteiger partial charge is 0.416 e. The Morgan fingerprint density at radius 1 is 1.00 bits per heavy atom. The second-order valence-electron chi connectivity index (χ2n) is 11.8. The second kappa shape index (κ2) is 14.0. The van der Waals surface area contributed by atoms with Crippen molar-refractivity contribution in [3.05, 3.63) is 47.8 Å². The first-order valence-electron chi connectivity index (χ1n) is 14.1. The van der Waals surface area contributed by atoms with Gasteiger partial charge in [-0.2, -0.15) is 23.0 Å². The van der Waals surface area contributed by atoms with Gasteiger partial charge in [0, 0.05) is 72.0 Å². The molecule has 4 saturated heterocycles. The van der Waals surface area contributed by atoms with Crippen molar-refractivity contribution >= 4 is 18.0 Å². The third kappa shape index (κ3) is 7.70. The van der Waals surface area contributed by atoms with Crippen LogP contribution >= 0.6 is 0 Å². The molecule has 9 nitrogen and oxygen atoms in total. The third-order valence-corrected chi connectivity index (χ3v) is 8.62. The van der Waals surface area contributed by atoms with Crippen LogP contribution in [0.2, 0.25) is 0 Å². The summed E-state index contributed by atoms with van der Waals surface area (Å²) in [6.45, 7) is 6.92. The zero-order valence-corrected chi connectivity index (χ0v) is 24.6. The van der Waals surface area contributed by atoms with Gasteiger partial charge < -0.3 is 24.4 Å². The highest BCUT2D eigenvalue weighted by molar-refractivity contribution is 5.77. The average Bonchev–Trinajstić information content (AvgIpc) is 3.71. The number of hydrogen-bond donors (Lipinski definition) is 0. The highest BCUT2D eigenvalue weighted by Gasteiger charge is 2.43. The molecule has 2 bridgehead atoms. The van der Waals surface area contributed by atoms with Gasteiger partial charge in [-0.3, -0.25) is 4.90 Å². The van der Waals surface area contributed by atoms with Crippen LogP contribution in [0.15, 0.2) is 36.7 Å². The van der Waals surface area contributed by atoms with Crippen molar-refractivity contribution in [2.24, 2.45) is 11.8 Å². The van der Waals surface area contributed by atoms with Gasteiger partial charge in [0.1, 0.15) is 6.29 Å². The number of alkyl halides is 3. The van der Waals surface area contributed by atoms with E-state index < -0.39 is 11.7 Å². The summed E-state index contributed by atoms with van der Waals surface area (Å²) in [6.07, 6.45) is 1.17. The summed E-state index contributed by atoms with van der Waals surface area (Å²) in [7, 11) is 8.24. The topological polar surface area (TPSA) is 68.2 Å². The number of hydrogen-bond acceptors (Lipinski definition) is 7. The highest BCUT2D eigenvalue weighted by Crippen LogP contribution is 2.36.